The third-order valence-electron chi connectivity index (χ3n) is 4.86. The van der Waals surface area contributed by atoms with E-state index in [2.05, 4.69) is 30.0 Å². The van der Waals surface area contributed by atoms with Gasteiger partial charge in [-0.2, -0.15) is 50.8 Å². The summed E-state index contributed by atoms with van der Waals surface area (Å²) in [6.07, 6.45) is -3.01. The third kappa shape index (κ3) is 11.5. The number of hydrogen-bond acceptors (Lipinski definition) is 10. The Bertz CT molecular complexity index is 1570. The SMILES string of the molecule is O=c1[nH]c(=O)n([C@H]2C[C@H](O)[C@@H](COP(=O)(O)OP(=O)(O)OP(=O)(O)O)O2)cc1C#C[c-]1cccc1.[Fe+2].c1cc[cH-]c1. The van der Waals surface area contributed by atoms with Crippen LogP contribution >= 0.6 is 23.5 Å². The van der Waals surface area contributed by atoms with Gasteiger partial charge in [-0.25, -0.2) is 30.6 Å². The number of phosphoric acid groups is 3. The summed E-state index contributed by atoms with van der Waals surface area (Å²) in [7, 11) is -16.7. The van der Waals surface area contributed by atoms with Gasteiger partial charge in [-0.1, -0.05) is 5.56 Å². The first-order valence-electron chi connectivity index (χ1n) is 11.0. The maximum absolute atomic E-state index is 12.2. The summed E-state index contributed by atoms with van der Waals surface area (Å²) in [6, 6.07) is 16.9. The largest absolute Gasteiger partial charge is 2.00 e. The van der Waals surface area contributed by atoms with Crippen LogP contribution in [0.25, 0.3) is 0 Å². The van der Waals surface area contributed by atoms with Crippen LogP contribution in [-0.2, 0) is 48.6 Å². The van der Waals surface area contributed by atoms with Crippen molar-refractivity contribution in [2.45, 2.75) is 24.9 Å². The van der Waals surface area contributed by atoms with Crippen molar-refractivity contribution in [2.75, 3.05) is 6.61 Å². The molecule has 0 amide bonds. The Morgan fingerprint density at radius 2 is 1.68 bits per heavy atom. The van der Waals surface area contributed by atoms with Crippen molar-refractivity contribution in [3.63, 3.8) is 0 Å². The number of aliphatic hydroxyl groups excluding tert-OH is 1. The van der Waals surface area contributed by atoms with Gasteiger partial charge in [-0.05, 0) is 0 Å². The maximum atomic E-state index is 12.2. The van der Waals surface area contributed by atoms with Gasteiger partial charge in [-0.3, -0.25) is 18.9 Å². The second-order valence-corrected chi connectivity index (χ2v) is 12.3. The Morgan fingerprint density at radius 3 is 2.24 bits per heavy atom. The number of nitrogens with one attached hydrogen (secondary N) is 1. The molecule has 5 atom stereocenters. The Balaban J connectivity index is 0.000000883. The number of aromatic nitrogens is 2. The minimum Gasteiger partial charge on any atom is -0.390 e. The molecule has 16 nitrogen and oxygen atoms in total. The standard InChI is InChI=1S/C16H18N2O14P3.C5H5.Fe/c19-12-7-14(18-8-11(15(20)17-16(18)21)6-5-10-3-1-2-4-10)30-13(12)9-29-34(25,26)32-35(27,28)31-33(22,23)24;1-2-4-5-3-1;/h1-4,8,12-14,19H,7,9H2,(H,25,26)(H,27,28)(H,17,20,21)(H2,22,23,24);1-5H;/q2*-1;+2/t12-,13+,14+;;/m0../s1. The molecule has 1 saturated heterocycles. The molecule has 41 heavy (non-hydrogen) atoms. The molecule has 3 aromatic rings. The second kappa shape index (κ2) is 14.8. The van der Waals surface area contributed by atoms with Gasteiger partial charge in [-0.15, -0.1) is 12.1 Å². The molecule has 4 rings (SSSR count). The van der Waals surface area contributed by atoms with Crippen molar-refractivity contribution in [3.05, 3.63) is 92.8 Å². The summed E-state index contributed by atoms with van der Waals surface area (Å²) in [5.41, 5.74) is -1.10. The number of hydrogen-bond donors (Lipinski definition) is 6. The number of nitrogens with zero attached hydrogens (tertiary/aromatic N) is 1. The first kappa shape index (κ1) is 35.0. The molecule has 2 heterocycles. The molecular formula is C21H23FeN2O14P3. The normalized spacial score (nSPS) is 21.2. The molecule has 1 aliphatic heterocycles. The molecule has 2 unspecified atom stereocenters. The van der Waals surface area contributed by atoms with Crippen LogP contribution in [0.4, 0.5) is 0 Å². The van der Waals surface area contributed by atoms with E-state index in [0.29, 0.717) is 5.56 Å². The molecular weight excluding hydrogens is 653 g/mol. The van der Waals surface area contributed by atoms with Crippen LogP contribution in [0, 0.1) is 11.8 Å². The van der Waals surface area contributed by atoms with Gasteiger partial charge in [0.1, 0.15) is 12.3 Å². The zero-order valence-corrected chi connectivity index (χ0v) is 24.3. The van der Waals surface area contributed by atoms with E-state index >= 15 is 0 Å². The fourth-order valence-corrected chi connectivity index (χ4v) is 6.24. The molecule has 6 N–H and O–H groups in total. The first-order valence-corrected chi connectivity index (χ1v) is 15.5. The average Bonchev–Trinajstić information content (AvgIpc) is 3.59. The van der Waals surface area contributed by atoms with Crippen molar-refractivity contribution < 1.29 is 73.3 Å². The maximum Gasteiger partial charge on any atom is 2.00 e. The molecule has 1 fully saturated rings. The van der Waals surface area contributed by atoms with Crippen molar-refractivity contribution >= 4 is 23.5 Å². The molecule has 1 aromatic heterocycles. The zero-order chi connectivity index (χ0) is 29.6. The van der Waals surface area contributed by atoms with Crippen molar-refractivity contribution in [2.24, 2.45) is 0 Å². The summed E-state index contributed by atoms with van der Waals surface area (Å²) in [5.74, 6) is 5.35. The number of aliphatic hydroxyl groups is 1. The van der Waals surface area contributed by atoms with Gasteiger partial charge in [0, 0.05) is 12.6 Å². The van der Waals surface area contributed by atoms with Crippen LogP contribution in [0.2, 0.25) is 0 Å². The van der Waals surface area contributed by atoms with Crippen molar-refractivity contribution in [1.82, 2.24) is 9.55 Å². The van der Waals surface area contributed by atoms with E-state index in [9.17, 15) is 33.3 Å². The summed E-state index contributed by atoms with van der Waals surface area (Å²) in [5, 5.41) is 10.2. The van der Waals surface area contributed by atoms with Gasteiger partial charge >= 0.3 is 46.2 Å². The third-order valence-corrected chi connectivity index (χ3v) is 8.66. The molecule has 20 heteroatoms. The Labute approximate surface area is 242 Å². The van der Waals surface area contributed by atoms with Crippen LogP contribution in [0.3, 0.4) is 0 Å². The van der Waals surface area contributed by atoms with Gasteiger partial charge in [0.15, 0.2) is 0 Å². The average molecular weight is 676 g/mol. The van der Waals surface area contributed by atoms with E-state index in [1.165, 1.54) is 0 Å². The van der Waals surface area contributed by atoms with Crippen molar-refractivity contribution in [1.29, 1.82) is 0 Å². The van der Waals surface area contributed by atoms with E-state index < -0.39 is 59.8 Å². The Kier molecular flexibility index (Phi) is 12.6. The van der Waals surface area contributed by atoms with Gasteiger partial charge in [0.25, 0.3) is 5.56 Å². The molecule has 1 aliphatic rings. The summed E-state index contributed by atoms with van der Waals surface area (Å²) < 4.78 is 51.8. The van der Waals surface area contributed by atoms with E-state index in [1.54, 1.807) is 24.3 Å². The molecule has 0 spiro atoms. The number of rotatable bonds is 8. The summed E-state index contributed by atoms with van der Waals surface area (Å²) >= 11 is 0. The zero-order valence-electron chi connectivity index (χ0n) is 20.5. The predicted octanol–water partition coefficient (Wildman–Crippen LogP) is 1.05. The first-order chi connectivity index (χ1) is 18.6. The van der Waals surface area contributed by atoms with Gasteiger partial charge < -0.3 is 29.4 Å². The minimum absolute atomic E-state index is 0. The second-order valence-electron chi connectivity index (χ2n) is 7.91. The van der Waals surface area contributed by atoms with Crippen LogP contribution < -0.4 is 11.2 Å². The number of H-pyrrole nitrogens is 1. The van der Waals surface area contributed by atoms with Crippen LogP contribution in [-0.4, -0.2) is 53.0 Å². The fourth-order valence-electron chi connectivity index (χ4n) is 3.21. The Morgan fingerprint density at radius 1 is 1.05 bits per heavy atom. The Hall–Kier alpha value is -2.21. The smallest absolute Gasteiger partial charge is 0.390 e. The van der Waals surface area contributed by atoms with Crippen molar-refractivity contribution in [3.8, 4) is 11.8 Å². The molecule has 0 saturated carbocycles. The number of aromatic amines is 1. The molecule has 224 valence electrons. The summed E-state index contributed by atoms with van der Waals surface area (Å²) in [4.78, 5) is 62.1. The van der Waals surface area contributed by atoms with Gasteiger partial charge in [0.2, 0.25) is 0 Å². The number of ether oxygens (including phenoxy) is 1. The number of phosphoric ester groups is 1. The quantitative estimate of drug-likeness (QED) is 0.0846. The van der Waals surface area contributed by atoms with Crippen LogP contribution in [0.5, 0.6) is 0 Å². The van der Waals surface area contributed by atoms with Gasteiger partial charge in [0.05, 0.1) is 18.3 Å². The topological polar surface area (TPSA) is 244 Å². The fraction of sp³-hybridized carbons (Fsp3) is 0.238. The monoisotopic (exact) mass is 676 g/mol. The van der Waals surface area contributed by atoms with E-state index in [4.69, 9.17) is 19.4 Å². The molecule has 0 aliphatic carbocycles. The predicted molar refractivity (Wildman–Crippen MR) is 136 cm³/mol. The molecule has 2 aromatic carbocycles. The minimum atomic E-state index is -5.71. The summed E-state index contributed by atoms with van der Waals surface area (Å²) in [6.45, 7) is -0.914. The molecule has 0 bridgehead atoms. The van der Waals surface area contributed by atoms with E-state index in [1.807, 2.05) is 30.3 Å². The molecule has 0 radical (unpaired) electrons. The van der Waals surface area contributed by atoms with E-state index in [0.717, 1.165) is 10.8 Å². The van der Waals surface area contributed by atoms with Crippen LogP contribution in [0.1, 0.15) is 23.8 Å². The van der Waals surface area contributed by atoms with E-state index in [-0.39, 0.29) is 29.1 Å². The van der Waals surface area contributed by atoms with Crippen LogP contribution in [0.15, 0.2) is 70.4 Å².